The molecule has 0 aromatic carbocycles. The van der Waals surface area contributed by atoms with E-state index in [0.717, 1.165) is 49.7 Å². The zero-order valence-electron chi connectivity index (χ0n) is 8.97. The molecule has 0 saturated carbocycles. The van der Waals surface area contributed by atoms with Crippen molar-refractivity contribution < 1.29 is 4.42 Å². The van der Waals surface area contributed by atoms with Crippen LogP contribution in [0.4, 0.5) is 0 Å². The van der Waals surface area contributed by atoms with Gasteiger partial charge in [-0.3, -0.25) is 0 Å². The van der Waals surface area contributed by atoms with E-state index in [2.05, 4.69) is 24.1 Å². The molecule has 1 atom stereocenters. The van der Waals surface area contributed by atoms with Gasteiger partial charge in [0.05, 0.1) is 5.69 Å². The van der Waals surface area contributed by atoms with Crippen LogP contribution in [0.5, 0.6) is 0 Å². The topological polar surface area (TPSA) is 38.1 Å². The summed E-state index contributed by atoms with van der Waals surface area (Å²) in [5.74, 6) is 2.53. The SMILES string of the molecule is CCc1nc(C2CCNC2)oc1CC. The largest absolute Gasteiger partial charge is 0.445 e. The predicted molar refractivity (Wildman–Crippen MR) is 55.5 cm³/mol. The molecule has 1 unspecified atom stereocenters. The lowest BCUT2D eigenvalue weighted by Crippen LogP contribution is -2.08. The minimum absolute atomic E-state index is 0.501. The second kappa shape index (κ2) is 4.13. The quantitative estimate of drug-likeness (QED) is 0.798. The van der Waals surface area contributed by atoms with Gasteiger partial charge in [0.1, 0.15) is 5.76 Å². The molecule has 1 N–H and O–H groups in total. The van der Waals surface area contributed by atoms with Gasteiger partial charge in [0, 0.05) is 18.9 Å². The predicted octanol–water partition coefficient (Wildman–Crippen LogP) is 1.88. The summed E-state index contributed by atoms with van der Waals surface area (Å²) in [6.07, 6.45) is 3.09. The van der Waals surface area contributed by atoms with Crippen molar-refractivity contribution in [2.24, 2.45) is 0 Å². The zero-order chi connectivity index (χ0) is 9.97. The molecule has 1 aromatic heterocycles. The van der Waals surface area contributed by atoms with Gasteiger partial charge >= 0.3 is 0 Å². The number of hydrogen-bond acceptors (Lipinski definition) is 3. The summed E-state index contributed by atoms with van der Waals surface area (Å²) in [4.78, 5) is 4.57. The minimum Gasteiger partial charge on any atom is -0.445 e. The van der Waals surface area contributed by atoms with Gasteiger partial charge in [-0.2, -0.15) is 0 Å². The monoisotopic (exact) mass is 194 g/mol. The molecular weight excluding hydrogens is 176 g/mol. The first kappa shape index (κ1) is 9.71. The van der Waals surface area contributed by atoms with Crippen LogP contribution >= 0.6 is 0 Å². The highest BCUT2D eigenvalue weighted by molar-refractivity contribution is 5.12. The molecule has 1 aromatic rings. The molecular formula is C11H18N2O. The highest BCUT2D eigenvalue weighted by Gasteiger charge is 2.22. The van der Waals surface area contributed by atoms with Gasteiger partial charge in [-0.15, -0.1) is 0 Å². The zero-order valence-corrected chi connectivity index (χ0v) is 8.97. The third-order valence-electron chi connectivity index (χ3n) is 2.86. The van der Waals surface area contributed by atoms with Crippen molar-refractivity contribution in [1.82, 2.24) is 10.3 Å². The van der Waals surface area contributed by atoms with E-state index in [9.17, 15) is 0 Å². The maximum Gasteiger partial charge on any atom is 0.199 e. The molecule has 14 heavy (non-hydrogen) atoms. The summed E-state index contributed by atoms with van der Waals surface area (Å²) in [6, 6.07) is 0. The first-order valence-corrected chi connectivity index (χ1v) is 5.54. The van der Waals surface area contributed by atoms with Gasteiger partial charge in [0.25, 0.3) is 0 Å². The third-order valence-corrected chi connectivity index (χ3v) is 2.86. The van der Waals surface area contributed by atoms with Crippen LogP contribution in [0.25, 0.3) is 0 Å². The van der Waals surface area contributed by atoms with E-state index in [0.29, 0.717) is 5.92 Å². The lowest BCUT2D eigenvalue weighted by atomic mass is 10.1. The molecule has 0 spiro atoms. The van der Waals surface area contributed by atoms with Crippen molar-refractivity contribution in [3.63, 3.8) is 0 Å². The van der Waals surface area contributed by atoms with Gasteiger partial charge in [-0.25, -0.2) is 4.98 Å². The van der Waals surface area contributed by atoms with Crippen molar-refractivity contribution in [3.05, 3.63) is 17.3 Å². The van der Waals surface area contributed by atoms with Crippen LogP contribution in [0.2, 0.25) is 0 Å². The Morgan fingerprint density at radius 2 is 2.29 bits per heavy atom. The fraction of sp³-hybridized carbons (Fsp3) is 0.727. The van der Waals surface area contributed by atoms with E-state index in [1.807, 2.05) is 0 Å². The first-order chi connectivity index (χ1) is 6.85. The lowest BCUT2D eigenvalue weighted by molar-refractivity contribution is 0.428. The van der Waals surface area contributed by atoms with Crippen LogP contribution in [0, 0.1) is 0 Å². The molecule has 1 saturated heterocycles. The van der Waals surface area contributed by atoms with Crippen molar-refractivity contribution in [1.29, 1.82) is 0 Å². The Labute approximate surface area is 84.9 Å². The van der Waals surface area contributed by atoms with Crippen molar-refractivity contribution >= 4 is 0 Å². The Kier molecular flexibility index (Phi) is 2.87. The van der Waals surface area contributed by atoms with Crippen molar-refractivity contribution in [2.45, 2.75) is 39.0 Å². The van der Waals surface area contributed by atoms with Crippen LogP contribution in [0.1, 0.15) is 43.5 Å². The van der Waals surface area contributed by atoms with E-state index < -0.39 is 0 Å². The van der Waals surface area contributed by atoms with Crippen molar-refractivity contribution in [3.8, 4) is 0 Å². The molecule has 1 fully saturated rings. The standard InChI is InChI=1S/C11H18N2O/c1-3-9-10(4-2)14-11(13-9)8-5-6-12-7-8/h8,12H,3-7H2,1-2H3. The Hall–Kier alpha value is -0.830. The van der Waals surface area contributed by atoms with Gasteiger partial charge in [-0.05, 0) is 19.4 Å². The molecule has 3 heteroatoms. The second-order valence-corrected chi connectivity index (χ2v) is 3.82. The van der Waals surface area contributed by atoms with Gasteiger partial charge in [0.2, 0.25) is 0 Å². The Balaban J connectivity index is 2.21. The number of rotatable bonds is 3. The van der Waals surface area contributed by atoms with Crippen LogP contribution in [0.15, 0.2) is 4.42 Å². The number of aryl methyl sites for hydroxylation is 2. The summed E-state index contributed by atoms with van der Waals surface area (Å²) in [6.45, 7) is 6.37. The Morgan fingerprint density at radius 1 is 1.43 bits per heavy atom. The summed E-state index contributed by atoms with van der Waals surface area (Å²) in [7, 11) is 0. The fourth-order valence-electron chi connectivity index (χ4n) is 2.00. The third kappa shape index (κ3) is 1.69. The van der Waals surface area contributed by atoms with Crippen LogP contribution in [0.3, 0.4) is 0 Å². The van der Waals surface area contributed by atoms with Crippen LogP contribution in [-0.2, 0) is 12.8 Å². The summed E-state index contributed by atoms with van der Waals surface area (Å²) in [5.41, 5.74) is 1.15. The Bertz CT molecular complexity index is 279. The Morgan fingerprint density at radius 3 is 2.79 bits per heavy atom. The van der Waals surface area contributed by atoms with Crippen LogP contribution < -0.4 is 5.32 Å². The number of nitrogens with one attached hydrogen (secondary N) is 1. The van der Waals surface area contributed by atoms with E-state index in [1.54, 1.807) is 0 Å². The van der Waals surface area contributed by atoms with Crippen LogP contribution in [-0.4, -0.2) is 18.1 Å². The molecule has 78 valence electrons. The van der Waals surface area contributed by atoms with Crippen molar-refractivity contribution in [2.75, 3.05) is 13.1 Å². The van der Waals surface area contributed by atoms with E-state index in [-0.39, 0.29) is 0 Å². The minimum atomic E-state index is 0.501. The normalized spacial score (nSPS) is 21.7. The van der Waals surface area contributed by atoms with E-state index >= 15 is 0 Å². The molecule has 0 amide bonds. The maximum absolute atomic E-state index is 5.79. The smallest absolute Gasteiger partial charge is 0.199 e. The molecule has 1 aliphatic rings. The first-order valence-electron chi connectivity index (χ1n) is 5.54. The number of nitrogens with zero attached hydrogens (tertiary/aromatic N) is 1. The molecule has 0 bridgehead atoms. The maximum atomic E-state index is 5.79. The highest BCUT2D eigenvalue weighted by atomic mass is 16.4. The average molecular weight is 194 g/mol. The highest BCUT2D eigenvalue weighted by Crippen LogP contribution is 2.24. The number of hydrogen-bond donors (Lipinski definition) is 1. The molecule has 2 rings (SSSR count). The summed E-state index contributed by atoms with van der Waals surface area (Å²) < 4.78 is 5.79. The number of oxazole rings is 1. The molecule has 0 aliphatic carbocycles. The number of aromatic nitrogens is 1. The molecule has 2 heterocycles. The molecule has 0 radical (unpaired) electrons. The van der Waals surface area contributed by atoms with E-state index in [4.69, 9.17) is 4.42 Å². The van der Waals surface area contributed by atoms with Gasteiger partial charge < -0.3 is 9.73 Å². The second-order valence-electron chi connectivity index (χ2n) is 3.82. The van der Waals surface area contributed by atoms with Gasteiger partial charge in [0.15, 0.2) is 5.89 Å². The lowest BCUT2D eigenvalue weighted by Gasteiger charge is -2.00. The summed E-state index contributed by atoms with van der Waals surface area (Å²) >= 11 is 0. The van der Waals surface area contributed by atoms with Gasteiger partial charge in [-0.1, -0.05) is 13.8 Å². The van der Waals surface area contributed by atoms with E-state index in [1.165, 1.54) is 0 Å². The average Bonchev–Trinajstić information content (AvgIpc) is 2.85. The summed E-state index contributed by atoms with van der Waals surface area (Å²) in [5, 5.41) is 3.34. The fourth-order valence-corrected chi connectivity index (χ4v) is 2.00. The molecule has 1 aliphatic heterocycles. The molecule has 3 nitrogen and oxygen atoms in total.